The monoisotopic (exact) mass is 410 g/mol. The molecule has 0 atom stereocenters. The lowest BCUT2D eigenvalue weighted by molar-refractivity contribution is 0.104. The van der Waals surface area contributed by atoms with Gasteiger partial charge in [0.1, 0.15) is 0 Å². The Morgan fingerprint density at radius 2 is 1.83 bits per heavy atom. The largest absolute Gasteiger partial charge is 0.493 e. The van der Waals surface area contributed by atoms with E-state index in [9.17, 15) is 9.90 Å². The van der Waals surface area contributed by atoms with Gasteiger partial charge in [-0.1, -0.05) is 32.1 Å². The first-order valence-corrected chi connectivity index (χ1v) is 10.2. The highest BCUT2D eigenvalue weighted by atomic mass is 16.5. The first-order valence-electron chi connectivity index (χ1n) is 10.2. The maximum atomic E-state index is 11.3. The van der Waals surface area contributed by atoms with Gasteiger partial charge in [-0.15, -0.1) is 0 Å². The lowest BCUT2D eigenvalue weighted by atomic mass is 9.72. The fourth-order valence-electron chi connectivity index (χ4n) is 4.16. The van der Waals surface area contributed by atoms with Crippen LogP contribution in [0, 0.1) is 11.3 Å². The lowest BCUT2D eigenvalue weighted by Crippen LogP contribution is -2.41. The van der Waals surface area contributed by atoms with Crippen LogP contribution in [0.25, 0.3) is 5.57 Å². The number of ether oxygens (including phenoxy) is 2. The molecule has 1 aliphatic rings. The van der Waals surface area contributed by atoms with E-state index in [1.807, 2.05) is 30.5 Å². The Labute approximate surface area is 178 Å². The fourth-order valence-corrected chi connectivity index (χ4v) is 4.16. The van der Waals surface area contributed by atoms with Gasteiger partial charge in [0.15, 0.2) is 11.5 Å². The minimum Gasteiger partial charge on any atom is -0.493 e. The number of amides is 1. The zero-order valence-electron chi connectivity index (χ0n) is 18.1. The van der Waals surface area contributed by atoms with Crippen molar-refractivity contribution in [2.75, 3.05) is 27.3 Å². The van der Waals surface area contributed by atoms with Gasteiger partial charge in [0, 0.05) is 31.0 Å². The van der Waals surface area contributed by atoms with Crippen LogP contribution in [0.15, 0.2) is 48.8 Å². The quantitative estimate of drug-likeness (QED) is 0.730. The molecular weight excluding hydrogens is 380 g/mol. The van der Waals surface area contributed by atoms with Gasteiger partial charge in [0.25, 0.3) is 0 Å². The second-order valence-corrected chi connectivity index (χ2v) is 8.23. The molecule has 0 spiro atoms. The molecule has 160 valence electrons. The van der Waals surface area contributed by atoms with Crippen molar-refractivity contribution in [1.82, 2.24) is 9.88 Å². The molecule has 6 heteroatoms. The van der Waals surface area contributed by atoms with Crippen molar-refractivity contribution in [3.8, 4) is 11.5 Å². The van der Waals surface area contributed by atoms with Gasteiger partial charge in [-0.25, -0.2) is 4.79 Å². The number of hydrogen-bond donors (Lipinski definition) is 1. The van der Waals surface area contributed by atoms with Crippen LogP contribution in [-0.4, -0.2) is 48.4 Å². The molecule has 0 radical (unpaired) electrons. The number of allylic oxidation sites excluding steroid dienone is 1. The van der Waals surface area contributed by atoms with Crippen LogP contribution in [0.2, 0.25) is 0 Å². The predicted octanol–water partition coefficient (Wildman–Crippen LogP) is 4.95. The second kappa shape index (κ2) is 9.20. The highest BCUT2D eigenvalue weighted by Gasteiger charge is 2.33. The summed E-state index contributed by atoms with van der Waals surface area (Å²) in [6.45, 7) is 5.61. The van der Waals surface area contributed by atoms with E-state index in [1.54, 1.807) is 20.4 Å². The molecule has 6 nitrogen and oxygen atoms in total. The third-order valence-corrected chi connectivity index (χ3v) is 6.00. The van der Waals surface area contributed by atoms with E-state index in [2.05, 4.69) is 31.0 Å². The smallest absolute Gasteiger partial charge is 0.407 e. The van der Waals surface area contributed by atoms with Gasteiger partial charge in [-0.3, -0.25) is 4.98 Å². The highest BCUT2D eigenvalue weighted by Crippen LogP contribution is 2.41. The lowest BCUT2D eigenvalue weighted by Gasteiger charge is -2.39. The Kier molecular flexibility index (Phi) is 6.65. The van der Waals surface area contributed by atoms with Crippen LogP contribution in [0.3, 0.4) is 0 Å². The van der Waals surface area contributed by atoms with Gasteiger partial charge in [0.05, 0.1) is 14.2 Å². The summed E-state index contributed by atoms with van der Waals surface area (Å²) in [5.74, 6) is 1.75. The first kappa shape index (κ1) is 21.7. The number of piperidine rings is 1. The Morgan fingerprint density at radius 1 is 1.13 bits per heavy atom. The number of rotatable bonds is 6. The van der Waals surface area contributed by atoms with Crippen LogP contribution in [0.4, 0.5) is 4.79 Å². The zero-order chi connectivity index (χ0) is 21.7. The normalized spacial score (nSPS) is 15.7. The third-order valence-electron chi connectivity index (χ3n) is 6.00. The molecule has 1 amide bonds. The second-order valence-electron chi connectivity index (χ2n) is 8.23. The molecule has 1 aromatic heterocycles. The molecule has 1 aliphatic heterocycles. The Hall–Kier alpha value is -3.02. The van der Waals surface area contributed by atoms with Crippen molar-refractivity contribution in [3.05, 3.63) is 59.9 Å². The predicted molar refractivity (Wildman–Crippen MR) is 117 cm³/mol. The SMILES string of the molecule is COc1ccc(C(=CC(C)(C)C2CCN(C(=O)O)CC2)c2cccnc2)cc1OC. The molecule has 2 heterocycles. The summed E-state index contributed by atoms with van der Waals surface area (Å²) < 4.78 is 10.9. The summed E-state index contributed by atoms with van der Waals surface area (Å²) >= 11 is 0. The summed E-state index contributed by atoms with van der Waals surface area (Å²) in [5, 5.41) is 9.25. The highest BCUT2D eigenvalue weighted by molar-refractivity contribution is 5.81. The molecule has 2 aromatic rings. The fraction of sp³-hybridized carbons (Fsp3) is 0.417. The topological polar surface area (TPSA) is 71.9 Å². The van der Waals surface area contributed by atoms with Crippen molar-refractivity contribution in [3.63, 3.8) is 0 Å². The number of methoxy groups -OCH3 is 2. The van der Waals surface area contributed by atoms with Crippen LogP contribution in [0.1, 0.15) is 37.8 Å². The van der Waals surface area contributed by atoms with Crippen molar-refractivity contribution < 1.29 is 19.4 Å². The molecule has 30 heavy (non-hydrogen) atoms. The molecule has 0 aliphatic carbocycles. The molecule has 1 fully saturated rings. The molecule has 1 aromatic carbocycles. The maximum Gasteiger partial charge on any atom is 0.407 e. The molecule has 1 N–H and O–H groups in total. The summed E-state index contributed by atoms with van der Waals surface area (Å²) in [6, 6.07) is 9.92. The van der Waals surface area contributed by atoms with Crippen LogP contribution in [0.5, 0.6) is 11.5 Å². The van der Waals surface area contributed by atoms with Crippen LogP contribution in [-0.2, 0) is 0 Å². The first-order chi connectivity index (χ1) is 14.4. The van der Waals surface area contributed by atoms with Gasteiger partial charge in [0.2, 0.25) is 0 Å². The van der Waals surface area contributed by atoms with Gasteiger partial charge in [-0.2, -0.15) is 0 Å². The minimum absolute atomic E-state index is 0.122. The Morgan fingerprint density at radius 3 is 2.40 bits per heavy atom. The third kappa shape index (κ3) is 4.75. The van der Waals surface area contributed by atoms with E-state index < -0.39 is 6.09 Å². The molecule has 0 saturated carbocycles. The van der Waals surface area contributed by atoms with Crippen molar-refractivity contribution >= 4 is 11.7 Å². The summed E-state index contributed by atoms with van der Waals surface area (Å²) in [5.41, 5.74) is 3.01. The zero-order valence-corrected chi connectivity index (χ0v) is 18.1. The summed E-state index contributed by atoms with van der Waals surface area (Å²) in [6.07, 6.45) is 6.80. The van der Waals surface area contributed by atoms with E-state index in [0.29, 0.717) is 30.5 Å². The molecule has 3 rings (SSSR count). The summed E-state index contributed by atoms with van der Waals surface area (Å²) in [7, 11) is 3.26. The van der Waals surface area contributed by atoms with E-state index in [-0.39, 0.29) is 5.41 Å². The maximum absolute atomic E-state index is 11.3. The van der Waals surface area contributed by atoms with E-state index in [1.165, 1.54) is 4.90 Å². The minimum atomic E-state index is -0.830. The average Bonchev–Trinajstić information content (AvgIpc) is 2.77. The van der Waals surface area contributed by atoms with Crippen molar-refractivity contribution in [2.24, 2.45) is 11.3 Å². The number of hydrogen-bond acceptors (Lipinski definition) is 4. The van der Waals surface area contributed by atoms with Crippen molar-refractivity contribution in [1.29, 1.82) is 0 Å². The van der Waals surface area contributed by atoms with E-state index in [4.69, 9.17) is 9.47 Å². The average molecular weight is 411 g/mol. The van der Waals surface area contributed by atoms with Gasteiger partial charge in [-0.05, 0) is 53.5 Å². The molecule has 0 unspecified atom stereocenters. The Bertz CT molecular complexity index is 901. The van der Waals surface area contributed by atoms with Gasteiger partial charge >= 0.3 is 6.09 Å². The standard InChI is InChI=1S/C24H30N2O4/c1-24(2,19-9-12-26(13-10-19)23(27)28)15-20(18-6-5-11-25-16-18)17-7-8-21(29-3)22(14-17)30-4/h5-8,11,14-16,19H,9-10,12-13H2,1-4H3,(H,27,28). The number of benzene rings is 1. The van der Waals surface area contributed by atoms with Crippen LogP contribution >= 0.6 is 0 Å². The van der Waals surface area contributed by atoms with Gasteiger partial charge < -0.3 is 19.5 Å². The molecule has 1 saturated heterocycles. The molecule has 0 bridgehead atoms. The summed E-state index contributed by atoms with van der Waals surface area (Å²) in [4.78, 5) is 17.1. The van der Waals surface area contributed by atoms with Crippen LogP contribution < -0.4 is 9.47 Å². The molecular formula is C24H30N2O4. The van der Waals surface area contributed by atoms with Crippen molar-refractivity contribution in [2.45, 2.75) is 26.7 Å². The Balaban J connectivity index is 1.99. The van der Waals surface area contributed by atoms with E-state index >= 15 is 0 Å². The number of aromatic nitrogens is 1. The number of carbonyl (C=O) groups is 1. The number of likely N-dealkylation sites (tertiary alicyclic amines) is 1. The number of nitrogens with zero attached hydrogens (tertiary/aromatic N) is 2. The number of carboxylic acid groups (broad SMARTS) is 1. The van der Waals surface area contributed by atoms with E-state index in [0.717, 1.165) is 29.5 Å². The number of pyridine rings is 1.